The largest absolute Gasteiger partial charge is 0.382 e. The first kappa shape index (κ1) is 7.28. The van der Waals surface area contributed by atoms with Crippen molar-refractivity contribution in [3.63, 3.8) is 0 Å². The van der Waals surface area contributed by atoms with Gasteiger partial charge in [0.05, 0.1) is 0 Å². The normalized spacial score (nSPS) is 14.5. The Morgan fingerprint density at radius 3 is 2.38 bits per heavy atom. The third kappa shape index (κ3) is 2.45. The zero-order chi connectivity index (χ0) is 6.41. The van der Waals surface area contributed by atoms with Gasteiger partial charge in [0.25, 0.3) is 0 Å². The lowest BCUT2D eigenvalue weighted by atomic mass is 10.5. The van der Waals surface area contributed by atoms with E-state index < -0.39 is 0 Å². The molecule has 0 aromatic rings. The maximum atomic E-state index is 3.66. The van der Waals surface area contributed by atoms with Crippen LogP contribution in [0, 0.1) is 0 Å². The van der Waals surface area contributed by atoms with Gasteiger partial charge in [0.2, 0.25) is 0 Å². The van der Waals surface area contributed by atoms with Crippen LogP contribution < -0.4 is 5.32 Å². The van der Waals surface area contributed by atoms with Gasteiger partial charge in [-0.3, -0.25) is 0 Å². The fraction of sp³-hybridized carbons (Fsp3) is 0.429. The summed E-state index contributed by atoms with van der Waals surface area (Å²) in [6, 6.07) is 0. The van der Waals surface area contributed by atoms with Crippen molar-refractivity contribution in [1.82, 2.24) is 5.32 Å². The fourth-order valence-electron chi connectivity index (χ4n) is 0.450. The lowest BCUT2D eigenvalue weighted by Gasteiger charge is -1.87. The summed E-state index contributed by atoms with van der Waals surface area (Å²) in [5.74, 6) is 0. The van der Waals surface area contributed by atoms with Crippen LogP contribution in [0.25, 0.3) is 0 Å². The molecule has 0 unspecified atom stereocenters. The van der Waals surface area contributed by atoms with Gasteiger partial charge in [-0.2, -0.15) is 0 Å². The molecule has 0 bridgehead atoms. The van der Waals surface area contributed by atoms with Crippen molar-refractivity contribution >= 4 is 0 Å². The molecule has 0 saturated carbocycles. The zero-order valence-electron chi connectivity index (χ0n) is 5.57. The molecule has 0 atom stereocenters. The van der Waals surface area contributed by atoms with Gasteiger partial charge in [0.1, 0.15) is 0 Å². The summed E-state index contributed by atoms with van der Waals surface area (Å²) in [4.78, 5) is 0. The van der Waals surface area contributed by atoms with Gasteiger partial charge in [0, 0.05) is 12.2 Å². The van der Waals surface area contributed by atoms with E-state index in [-0.39, 0.29) is 0 Å². The van der Waals surface area contributed by atoms with Crippen LogP contribution in [0.5, 0.6) is 0 Å². The molecule has 1 heterocycles. The van der Waals surface area contributed by atoms with Crippen molar-refractivity contribution in [2.45, 2.75) is 13.8 Å². The minimum Gasteiger partial charge on any atom is -0.382 e. The minimum absolute atomic E-state index is 0.957. The van der Waals surface area contributed by atoms with E-state index in [0.717, 1.165) is 12.2 Å². The Hall–Kier alpha value is -0.720. The molecule has 1 rings (SSSR count). The topological polar surface area (TPSA) is 12.0 Å². The Morgan fingerprint density at radius 1 is 1.62 bits per heavy atom. The quantitative estimate of drug-likeness (QED) is 0.501. The summed E-state index contributed by atoms with van der Waals surface area (Å²) in [6.07, 6.45) is 4.02. The number of hydrogen-bond acceptors (Lipinski definition) is 1. The first-order valence-electron chi connectivity index (χ1n) is 2.99. The van der Waals surface area contributed by atoms with Crippen molar-refractivity contribution in [2.75, 3.05) is 6.54 Å². The second kappa shape index (κ2) is 4.44. The van der Waals surface area contributed by atoms with E-state index in [2.05, 4.69) is 11.9 Å². The summed E-state index contributed by atoms with van der Waals surface area (Å²) in [6.45, 7) is 8.61. The Morgan fingerprint density at radius 2 is 2.25 bits per heavy atom. The van der Waals surface area contributed by atoms with Gasteiger partial charge in [-0.1, -0.05) is 26.5 Å². The predicted molar refractivity (Wildman–Crippen MR) is 37.6 cm³/mol. The molecule has 0 saturated heterocycles. The van der Waals surface area contributed by atoms with Crippen LogP contribution in [0.1, 0.15) is 13.8 Å². The first-order valence-corrected chi connectivity index (χ1v) is 2.99. The molecular formula is C7H13N. The van der Waals surface area contributed by atoms with Crippen molar-refractivity contribution in [3.05, 3.63) is 24.4 Å². The van der Waals surface area contributed by atoms with Crippen LogP contribution in [0.15, 0.2) is 24.4 Å². The zero-order valence-corrected chi connectivity index (χ0v) is 5.57. The van der Waals surface area contributed by atoms with Gasteiger partial charge >= 0.3 is 0 Å². The highest BCUT2D eigenvalue weighted by Gasteiger charge is 1.88. The summed E-state index contributed by atoms with van der Waals surface area (Å²) < 4.78 is 0. The summed E-state index contributed by atoms with van der Waals surface area (Å²) in [5.41, 5.74) is 1.02. The van der Waals surface area contributed by atoms with Gasteiger partial charge < -0.3 is 5.32 Å². The Bertz CT molecular complexity index is 92.6. The highest BCUT2D eigenvalue weighted by molar-refractivity contribution is 5.18. The van der Waals surface area contributed by atoms with E-state index in [9.17, 15) is 0 Å². The maximum Gasteiger partial charge on any atom is 0.0334 e. The molecule has 0 radical (unpaired) electrons. The van der Waals surface area contributed by atoms with Gasteiger partial charge in [-0.05, 0) is 6.08 Å². The summed E-state index contributed by atoms with van der Waals surface area (Å²) in [7, 11) is 0. The van der Waals surface area contributed by atoms with Crippen molar-refractivity contribution in [3.8, 4) is 0 Å². The number of rotatable bonds is 0. The molecule has 0 fully saturated rings. The smallest absolute Gasteiger partial charge is 0.0334 e. The molecule has 0 spiro atoms. The van der Waals surface area contributed by atoms with Gasteiger partial charge in [0.15, 0.2) is 0 Å². The number of allylic oxidation sites excluding steroid dienone is 1. The Balaban J connectivity index is 0.000000222. The summed E-state index contributed by atoms with van der Waals surface area (Å²) in [5, 5.41) is 3.01. The average Bonchev–Trinajstić information content (AvgIpc) is 2.24. The fourth-order valence-corrected chi connectivity index (χ4v) is 0.450. The maximum absolute atomic E-state index is 3.66. The second-order valence-corrected chi connectivity index (χ2v) is 1.31. The highest BCUT2D eigenvalue weighted by atomic mass is 14.9. The Labute approximate surface area is 51.1 Å². The van der Waals surface area contributed by atoms with Crippen LogP contribution in [-0.4, -0.2) is 6.54 Å². The van der Waals surface area contributed by atoms with Crippen LogP contribution in [0.2, 0.25) is 0 Å². The molecule has 8 heavy (non-hydrogen) atoms. The molecular weight excluding hydrogens is 98.1 g/mol. The minimum atomic E-state index is 0.957. The summed E-state index contributed by atoms with van der Waals surface area (Å²) >= 11 is 0. The van der Waals surface area contributed by atoms with E-state index in [0.29, 0.717) is 0 Å². The third-order valence-electron chi connectivity index (χ3n) is 0.766. The van der Waals surface area contributed by atoms with E-state index in [4.69, 9.17) is 0 Å². The molecule has 1 aliphatic rings. The van der Waals surface area contributed by atoms with E-state index in [1.807, 2.05) is 26.0 Å². The average molecular weight is 111 g/mol. The van der Waals surface area contributed by atoms with Crippen LogP contribution in [0.4, 0.5) is 0 Å². The highest BCUT2D eigenvalue weighted by Crippen LogP contribution is 1.91. The predicted octanol–water partition coefficient (Wildman–Crippen LogP) is 1.69. The van der Waals surface area contributed by atoms with Crippen LogP contribution in [0.3, 0.4) is 0 Å². The number of hydrogen-bond donors (Lipinski definition) is 1. The van der Waals surface area contributed by atoms with Crippen molar-refractivity contribution in [1.29, 1.82) is 0 Å². The molecule has 1 aliphatic heterocycles. The molecule has 0 amide bonds. The molecule has 46 valence electrons. The monoisotopic (exact) mass is 111 g/mol. The van der Waals surface area contributed by atoms with E-state index in [1.165, 1.54) is 0 Å². The molecule has 1 nitrogen and oxygen atoms in total. The standard InChI is InChI=1S/C5H7N.C2H6/c1-5-3-2-4-6-5;1-2/h2-3,6H,1,4H2;1-2H3. The lowest BCUT2D eigenvalue weighted by Crippen LogP contribution is -2.02. The molecule has 1 heteroatoms. The SMILES string of the molecule is C=C1C=CCN1.CC. The number of nitrogens with one attached hydrogen (secondary N) is 1. The van der Waals surface area contributed by atoms with Gasteiger partial charge in [-0.25, -0.2) is 0 Å². The molecule has 0 aliphatic carbocycles. The molecule has 0 aromatic carbocycles. The van der Waals surface area contributed by atoms with Crippen molar-refractivity contribution in [2.24, 2.45) is 0 Å². The van der Waals surface area contributed by atoms with Crippen LogP contribution >= 0.6 is 0 Å². The van der Waals surface area contributed by atoms with Crippen molar-refractivity contribution < 1.29 is 0 Å². The van der Waals surface area contributed by atoms with Gasteiger partial charge in [-0.15, -0.1) is 0 Å². The van der Waals surface area contributed by atoms with E-state index in [1.54, 1.807) is 0 Å². The third-order valence-corrected chi connectivity index (χ3v) is 0.766. The Kier molecular flexibility index (Phi) is 4.04. The van der Waals surface area contributed by atoms with Crippen LogP contribution in [-0.2, 0) is 0 Å². The molecule has 0 aromatic heterocycles. The van der Waals surface area contributed by atoms with E-state index >= 15 is 0 Å². The second-order valence-electron chi connectivity index (χ2n) is 1.31. The molecule has 1 N–H and O–H groups in total. The first-order chi connectivity index (χ1) is 3.89. The lowest BCUT2D eigenvalue weighted by molar-refractivity contribution is 0.987.